The van der Waals surface area contributed by atoms with E-state index in [1.807, 2.05) is 0 Å². The number of nitrogens with one attached hydrogen (secondary N) is 1. The SMILES string of the molecule is O=C(O)CCCCCCNC(=O)N(CC(F)(F)F)C1CC1. The van der Waals surface area contributed by atoms with Gasteiger partial charge in [0.1, 0.15) is 6.54 Å². The van der Waals surface area contributed by atoms with Gasteiger partial charge in [0, 0.05) is 19.0 Å². The van der Waals surface area contributed by atoms with E-state index in [9.17, 15) is 22.8 Å². The van der Waals surface area contributed by atoms with E-state index in [-0.39, 0.29) is 12.5 Å². The third kappa shape index (κ3) is 8.41. The van der Waals surface area contributed by atoms with Crippen molar-refractivity contribution in [1.29, 1.82) is 0 Å². The van der Waals surface area contributed by atoms with Crippen LogP contribution in [0.3, 0.4) is 0 Å². The molecule has 1 aliphatic carbocycles. The Balaban J connectivity index is 2.15. The molecule has 0 aromatic carbocycles. The molecular formula is C13H21F3N2O3. The van der Waals surface area contributed by atoms with Crippen LogP contribution in [0.1, 0.15) is 44.9 Å². The number of urea groups is 1. The van der Waals surface area contributed by atoms with Crippen molar-refractivity contribution in [2.24, 2.45) is 0 Å². The summed E-state index contributed by atoms with van der Waals surface area (Å²) in [6, 6.07) is -0.956. The maximum absolute atomic E-state index is 12.4. The van der Waals surface area contributed by atoms with Crippen molar-refractivity contribution in [3.05, 3.63) is 0 Å². The molecular weight excluding hydrogens is 289 g/mol. The number of aliphatic carboxylic acids is 1. The maximum atomic E-state index is 12.4. The van der Waals surface area contributed by atoms with E-state index in [0.29, 0.717) is 32.2 Å². The number of unbranched alkanes of at least 4 members (excludes halogenated alkanes) is 3. The first-order chi connectivity index (χ1) is 9.79. The predicted molar refractivity (Wildman–Crippen MR) is 69.9 cm³/mol. The lowest BCUT2D eigenvalue weighted by molar-refractivity contribution is -0.141. The van der Waals surface area contributed by atoms with Crippen molar-refractivity contribution in [1.82, 2.24) is 10.2 Å². The highest BCUT2D eigenvalue weighted by molar-refractivity contribution is 5.74. The normalized spacial score (nSPS) is 14.8. The zero-order valence-corrected chi connectivity index (χ0v) is 11.8. The second-order valence-electron chi connectivity index (χ2n) is 5.26. The first kappa shape index (κ1) is 17.6. The fourth-order valence-electron chi connectivity index (χ4n) is 2.00. The van der Waals surface area contributed by atoms with Crippen LogP contribution in [0.2, 0.25) is 0 Å². The smallest absolute Gasteiger partial charge is 0.406 e. The van der Waals surface area contributed by atoms with Crippen molar-refractivity contribution >= 4 is 12.0 Å². The Hall–Kier alpha value is -1.47. The third-order valence-corrected chi connectivity index (χ3v) is 3.19. The van der Waals surface area contributed by atoms with Gasteiger partial charge < -0.3 is 15.3 Å². The number of hydrogen-bond donors (Lipinski definition) is 2. The van der Waals surface area contributed by atoms with Gasteiger partial charge in [0.25, 0.3) is 0 Å². The largest absolute Gasteiger partial charge is 0.481 e. The molecule has 0 bridgehead atoms. The van der Waals surface area contributed by atoms with Crippen LogP contribution in [0.5, 0.6) is 0 Å². The molecule has 1 fully saturated rings. The Labute approximate surface area is 121 Å². The Morgan fingerprint density at radius 1 is 1.14 bits per heavy atom. The molecule has 2 N–H and O–H groups in total. The van der Waals surface area contributed by atoms with Gasteiger partial charge in [0.15, 0.2) is 0 Å². The van der Waals surface area contributed by atoms with Crippen LogP contribution in [0.25, 0.3) is 0 Å². The van der Waals surface area contributed by atoms with Gasteiger partial charge in [-0.2, -0.15) is 13.2 Å². The Morgan fingerprint density at radius 3 is 2.29 bits per heavy atom. The van der Waals surface area contributed by atoms with E-state index >= 15 is 0 Å². The van der Waals surface area contributed by atoms with E-state index in [0.717, 1.165) is 17.7 Å². The third-order valence-electron chi connectivity index (χ3n) is 3.19. The van der Waals surface area contributed by atoms with Gasteiger partial charge in [-0.15, -0.1) is 0 Å². The number of carboxylic acids is 1. The Morgan fingerprint density at radius 2 is 1.76 bits per heavy atom. The predicted octanol–water partition coefficient (Wildman–Crippen LogP) is 2.76. The first-order valence-electron chi connectivity index (χ1n) is 7.12. The van der Waals surface area contributed by atoms with E-state index in [2.05, 4.69) is 5.32 Å². The molecule has 0 aliphatic heterocycles. The van der Waals surface area contributed by atoms with E-state index < -0.39 is 24.7 Å². The lowest BCUT2D eigenvalue weighted by atomic mass is 10.1. The highest BCUT2D eigenvalue weighted by Gasteiger charge is 2.40. The molecule has 5 nitrogen and oxygen atoms in total. The molecule has 0 saturated heterocycles. The Bertz CT molecular complexity index is 357. The summed E-state index contributed by atoms with van der Waals surface area (Å²) in [5, 5.41) is 10.9. The second kappa shape index (κ2) is 8.09. The van der Waals surface area contributed by atoms with Gasteiger partial charge in [0.05, 0.1) is 0 Å². The number of alkyl halides is 3. The van der Waals surface area contributed by atoms with Crippen LogP contribution in [0.4, 0.5) is 18.0 Å². The second-order valence-corrected chi connectivity index (χ2v) is 5.26. The highest BCUT2D eigenvalue weighted by atomic mass is 19.4. The van der Waals surface area contributed by atoms with Crippen molar-refractivity contribution in [2.75, 3.05) is 13.1 Å². The zero-order valence-electron chi connectivity index (χ0n) is 11.8. The van der Waals surface area contributed by atoms with Gasteiger partial charge in [-0.25, -0.2) is 4.79 Å². The lowest BCUT2D eigenvalue weighted by Gasteiger charge is -2.24. The van der Waals surface area contributed by atoms with Crippen LogP contribution in [-0.4, -0.2) is 47.3 Å². The molecule has 0 aromatic heterocycles. The van der Waals surface area contributed by atoms with Crippen LogP contribution < -0.4 is 5.32 Å². The molecule has 2 amide bonds. The molecule has 1 aliphatic rings. The van der Waals surface area contributed by atoms with Gasteiger partial charge in [-0.1, -0.05) is 12.8 Å². The number of carbonyl (C=O) groups is 2. The summed E-state index contributed by atoms with van der Waals surface area (Å²) >= 11 is 0. The van der Waals surface area contributed by atoms with E-state index in [1.165, 1.54) is 0 Å². The van der Waals surface area contributed by atoms with E-state index in [4.69, 9.17) is 5.11 Å². The molecule has 0 spiro atoms. The minimum Gasteiger partial charge on any atom is -0.481 e. The molecule has 0 atom stereocenters. The fourth-order valence-corrected chi connectivity index (χ4v) is 2.00. The summed E-state index contributed by atoms with van der Waals surface area (Å²) in [5.74, 6) is -0.837. The number of halogens is 3. The summed E-state index contributed by atoms with van der Waals surface area (Å²) in [4.78, 5) is 22.9. The number of carboxylic acid groups (broad SMARTS) is 1. The number of rotatable bonds is 9. The molecule has 0 heterocycles. The molecule has 1 rings (SSSR count). The number of carbonyl (C=O) groups excluding carboxylic acids is 1. The zero-order chi connectivity index (χ0) is 15.9. The average molecular weight is 310 g/mol. The van der Waals surface area contributed by atoms with Crippen LogP contribution in [0.15, 0.2) is 0 Å². The number of hydrogen-bond acceptors (Lipinski definition) is 2. The van der Waals surface area contributed by atoms with Crippen LogP contribution in [-0.2, 0) is 4.79 Å². The van der Waals surface area contributed by atoms with Crippen LogP contribution >= 0.6 is 0 Å². The lowest BCUT2D eigenvalue weighted by Crippen LogP contribution is -2.46. The molecule has 122 valence electrons. The van der Waals surface area contributed by atoms with Gasteiger partial charge in [0.2, 0.25) is 0 Å². The quantitative estimate of drug-likeness (QED) is 0.643. The summed E-state index contributed by atoms with van der Waals surface area (Å²) in [7, 11) is 0. The fraction of sp³-hybridized carbons (Fsp3) is 0.846. The maximum Gasteiger partial charge on any atom is 0.406 e. The monoisotopic (exact) mass is 310 g/mol. The molecule has 0 aromatic rings. The van der Waals surface area contributed by atoms with Crippen LogP contribution in [0, 0.1) is 0 Å². The molecule has 8 heteroatoms. The average Bonchev–Trinajstić information content (AvgIpc) is 3.17. The molecule has 0 unspecified atom stereocenters. The number of nitrogens with zero attached hydrogens (tertiary/aromatic N) is 1. The molecule has 1 saturated carbocycles. The van der Waals surface area contributed by atoms with Crippen molar-refractivity contribution in [3.8, 4) is 0 Å². The summed E-state index contributed by atoms with van der Waals surface area (Å²) in [5.41, 5.74) is 0. The highest BCUT2D eigenvalue weighted by Crippen LogP contribution is 2.30. The minimum absolute atomic E-state index is 0.118. The Kier molecular flexibility index (Phi) is 6.77. The van der Waals surface area contributed by atoms with Gasteiger partial charge in [-0.3, -0.25) is 4.79 Å². The van der Waals surface area contributed by atoms with Crippen molar-refractivity contribution in [2.45, 2.75) is 57.2 Å². The minimum atomic E-state index is -4.38. The summed E-state index contributed by atoms with van der Waals surface area (Å²) in [6.45, 7) is -0.894. The van der Waals surface area contributed by atoms with Gasteiger partial charge >= 0.3 is 18.2 Å². The summed E-state index contributed by atoms with van der Waals surface area (Å²) < 4.78 is 37.1. The van der Waals surface area contributed by atoms with E-state index in [1.54, 1.807) is 0 Å². The molecule has 0 radical (unpaired) electrons. The van der Waals surface area contributed by atoms with Crippen molar-refractivity contribution in [3.63, 3.8) is 0 Å². The summed E-state index contributed by atoms with van der Waals surface area (Å²) in [6.07, 6.45) is -0.323. The topological polar surface area (TPSA) is 69.6 Å². The van der Waals surface area contributed by atoms with Gasteiger partial charge in [-0.05, 0) is 25.7 Å². The first-order valence-corrected chi connectivity index (χ1v) is 7.12. The van der Waals surface area contributed by atoms with Crippen molar-refractivity contribution < 1.29 is 27.9 Å². The standard InChI is InChI=1S/C13H21F3N2O3/c14-13(15,16)9-18(10-6-7-10)12(21)17-8-4-2-1-3-5-11(19)20/h10H,1-9H2,(H,17,21)(H,19,20). The molecule has 21 heavy (non-hydrogen) atoms. The number of amides is 2.